The van der Waals surface area contributed by atoms with Gasteiger partial charge in [0.25, 0.3) is 5.56 Å². The zero-order chi connectivity index (χ0) is 20.9. The summed E-state index contributed by atoms with van der Waals surface area (Å²) < 4.78 is 20.0. The van der Waals surface area contributed by atoms with Gasteiger partial charge in [0.1, 0.15) is 22.1 Å². The molecule has 2 heterocycles. The van der Waals surface area contributed by atoms with E-state index in [1.807, 2.05) is 17.5 Å². The largest absolute Gasteiger partial charge is 0.457 e. The number of nitrogens with zero attached hydrogens (tertiary/aromatic N) is 2. The average molecular weight is 423 g/mol. The van der Waals surface area contributed by atoms with Crippen LogP contribution in [0.15, 0.2) is 71.1 Å². The molecule has 1 N–H and O–H groups in total. The Hall–Kier alpha value is -3.52. The van der Waals surface area contributed by atoms with E-state index in [0.29, 0.717) is 28.3 Å². The maximum Gasteiger partial charge on any atom is 0.262 e. The Labute approximate surface area is 175 Å². The number of rotatable bonds is 7. The van der Waals surface area contributed by atoms with Crippen molar-refractivity contribution in [3.8, 4) is 11.5 Å². The molecule has 0 aliphatic heterocycles. The van der Waals surface area contributed by atoms with E-state index in [1.165, 1.54) is 34.4 Å². The van der Waals surface area contributed by atoms with E-state index in [1.54, 1.807) is 30.3 Å². The van der Waals surface area contributed by atoms with Crippen LogP contribution >= 0.6 is 11.3 Å². The number of carbonyl (C=O) groups excluding carboxylic acids is 1. The Morgan fingerprint density at radius 1 is 1.07 bits per heavy atom. The number of thiophene rings is 1. The van der Waals surface area contributed by atoms with Crippen molar-refractivity contribution >= 4 is 27.5 Å². The third kappa shape index (κ3) is 4.72. The zero-order valence-electron chi connectivity index (χ0n) is 15.9. The van der Waals surface area contributed by atoms with Crippen molar-refractivity contribution in [2.75, 3.05) is 0 Å². The first-order valence-corrected chi connectivity index (χ1v) is 10.2. The van der Waals surface area contributed by atoms with Crippen molar-refractivity contribution < 1.29 is 13.9 Å². The summed E-state index contributed by atoms with van der Waals surface area (Å²) in [5.41, 5.74) is 0.777. The summed E-state index contributed by atoms with van der Waals surface area (Å²) in [4.78, 5) is 29.4. The summed E-state index contributed by atoms with van der Waals surface area (Å²) in [6, 6.07) is 14.8. The molecule has 2 aromatic carbocycles. The number of carbonyl (C=O) groups is 1. The Kier molecular flexibility index (Phi) is 5.85. The molecule has 0 spiro atoms. The molecule has 0 aliphatic carbocycles. The molecule has 2 aromatic heterocycles. The maximum atomic E-state index is 12.9. The second-order valence-electron chi connectivity index (χ2n) is 6.61. The standard InChI is InChI=1S/C22H18FN3O3S/c23-16-3-7-18(8-4-16)29-17-5-1-15(2-6-17)13-24-20(27)9-11-26-14-25-21-19(22(26)28)10-12-30-21/h1-8,10,12,14H,9,11,13H2,(H,24,27). The number of nitrogens with one attached hydrogen (secondary N) is 1. The van der Waals surface area contributed by atoms with Gasteiger partial charge in [0.2, 0.25) is 5.91 Å². The van der Waals surface area contributed by atoms with Gasteiger partial charge in [-0.2, -0.15) is 0 Å². The Morgan fingerprint density at radius 2 is 1.77 bits per heavy atom. The van der Waals surface area contributed by atoms with E-state index in [2.05, 4.69) is 10.3 Å². The number of aryl methyl sites for hydroxylation is 1. The van der Waals surface area contributed by atoms with E-state index in [9.17, 15) is 14.0 Å². The fourth-order valence-corrected chi connectivity index (χ4v) is 3.60. The van der Waals surface area contributed by atoms with Crippen LogP contribution in [-0.2, 0) is 17.9 Å². The molecule has 0 fully saturated rings. The SMILES string of the molecule is O=C(CCn1cnc2sccc2c1=O)NCc1ccc(Oc2ccc(F)cc2)cc1. The van der Waals surface area contributed by atoms with Gasteiger partial charge in [0, 0.05) is 19.5 Å². The molecule has 0 unspecified atom stereocenters. The smallest absolute Gasteiger partial charge is 0.262 e. The van der Waals surface area contributed by atoms with E-state index in [-0.39, 0.29) is 30.2 Å². The van der Waals surface area contributed by atoms with Crippen molar-refractivity contribution in [3.05, 3.63) is 88.0 Å². The van der Waals surface area contributed by atoms with Gasteiger partial charge < -0.3 is 10.1 Å². The van der Waals surface area contributed by atoms with Crippen LogP contribution in [0.25, 0.3) is 10.2 Å². The number of hydrogen-bond acceptors (Lipinski definition) is 5. The van der Waals surface area contributed by atoms with Crippen molar-refractivity contribution in [2.45, 2.75) is 19.5 Å². The van der Waals surface area contributed by atoms with Gasteiger partial charge in [-0.15, -0.1) is 11.3 Å². The highest BCUT2D eigenvalue weighted by Crippen LogP contribution is 2.21. The topological polar surface area (TPSA) is 73.2 Å². The number of ether oxygens (including phenoxy) is 1. The molecule has 8 heteroatoms. The van der Waals surface area contributed by atoms with Crippen LogP contribution < -0.4 is 15.6 Å². The number of halogens is 1. The molecule has 0 bridgehead atoms. The molecule has 4 aromatic rings. The van der Waals surface area contributed by atoms with E-state index in [4.69, 9.17) is 4.74 Å². The molecule has 0 atom stereocenters. The van der Waals surface area contributed by atoms with Gasteiger partial charge in [0.05, 0.1) is 11.7 Å². The summed E-state index contributed by atoms with van der Waals surface area (Å²) >= 11 is 1.41. The van der Waals surface area contributed by atoms with Crippen LogP contribution in [0.5, 0.6) is 11.5 Å². The summed E-state index contributed by atoms with van der Waals surface area (Å²) in [6.45, 7) is 0.639. The minimum absolute atomic E-state index is 0.134. The molecule has 152 valence electrons. The van der Waals surface area contributed by atoms with E-state index >= 15 is 0 Å². The molecule has 1 amide bonds. The summed E-state index contributed by atoms with van der Waals surface area (Å²) in [5.74, 6) is 0.691. The quantitative estimate of drug-likeness (QED) is 0.486. The molecule has 4 rings (SSSR count). The molecule has 6 nitrogen and oxygen atoms in total. The van der Waals surface area contributed by atoms with Crippen LogP contribution in [0.2, 0.25) is 0 Å². The van der Waals surface area contributed by atoms with Crippen molar-refractivity contribution in [1.29, 1.82) is 0 Å². The number of amides is 1. The number of hydrogen-bond donors (Lipinski definition) is 1. The van der Waals surface area contributed by atoms with Crippen molar-refractivity contribution in [3.63, 3.8) is 0 Å². The maximum absolute atomic E-state index is 12.9. The third-order valence-electron chi connectivity index (χ3n) is 4.49. The van der Waals surface area contributed by atoms with E-state index < -0.39 is 0 Å². The highest BCUT2D eigenvalue weighted by Gasteiger charge is 2.07. The molecule has 0 saturated heterocycles. The molecular weight excluding hydrogens is 405 g/mol. The van der Waals surface area contributed by atoms with Gasteiger partial charge in [-0.3, -0.25) is 14.2 Å². The Bertz CT molecular complexity index is 1220. The second kappa shape index (κ2) is 8.87. The first-order chi connectivity index (χ1) is 14.6. The van der Waals surface area contributed by atoms with Gasteiger partial charge >= 0.3 is 0 Å². The fraction of sp³-hybridized carbons (Fsp3) is 0.136. The highest BCUT2D eigenvalue weighted by molar-refractivity contribution is 7.16. The first kappa shape index (κ1) is 19.8. The van der Waals surface area contributed by atoms with Gasteiger partial charge in [-0.1, -0.05) is 12.1 Å². The van der Waals surface area contributed by atoms with Crippen LogP contribution in [-0.4, -0.2) is 15.5 Å². The first-order valence-electron chi connectivity index (χ1n) is 9.30. The van der Waals surface area contributed by atoms with Gasteiger partial charge in [0.15, 0.2) is 0 Å². The second-order valence-corrected chi connectivity index (χ2v) is 7.50. The van der Waals surface area contributed by atoms with Crippen LogP contribution in [0.1, 0.15) is 12.0 Å². The molecule has 0 aliphatic rings. The van der Waals surface area contributed by atoms with Crippen LogP contribution in [0.3, 0.4) is 0 Å². The monoisotopic (exact) mass is 423 g/mol. The number of benzene rings is 2. The minimum atomic E-state index is -0.318. The lowest BCUT2D eigenvalue weighted by Crippen LogP contribution is -2.27. The van der Waals surface area contributed by atoms with E-state index in [0.717, 1.165) is 5.56 Å². The van der Waals surface area contributed by atoms with Crippen LogP contribution in [0.4, 0.5) is 4.39 Å². The lowest BCUT2D eigenvalue weighted by Gasteiger charge is -2.09. The Morgan fingerprint density at radius 3 is 2.50 bits per heavy atom. The summed E-state index contributed by atoms with van der Waals surface area (Å²) in [5, 5.41) is 5.24. The van der Waals surface area contributed by atoms with Crippen LogP contribution in [0, 0.1) is 5.82 Å². The zero-order valence-corrected chi connectivity index (χ0v) is 16.7. The van der Waals surface area contributed by atoms with Gasteiger partial charge in [-0.05, 0) is 53.4 Å². The normalized spacial score (nSPS) is 10.8. The summed E-state index contributed by atoms with van der Waals surface area (Å²) in [7, 11) is 0. The van der Waals surface area contributed by atoms with Crippen molar-refractivity contribution in [1.82, 2.24) is 14.9 Å². The predicted molar refractivity (Wildman–Crippen MR) is 113 cm³/mol. The highest BCUT2D eigenvalue weighted by atomic mass is 32.1. The molecule has 0 radical (unpaired) electrons. The van der Waals surface area contributed by atoms with Gasteiger partial charge in [-0.25, -0.2) is 9.37 Å². The number of aromatic nitrogens is 2. The lowest BCUT2D eigenvalue weighted by molar-refractivity contribution is -0.121. The third-order valence-corrected chi connectivity index (χ3v) is 5.31. The summed E-state index contributed by atoms with van der Waals surface area (Å²) in [6.07, 6.45) is 1.66. The van der Waals surface area contributed by atoms with Crippen molar-refractivity contribution in [2.24, 2.45) is 0 Å². The molecular formula is C22H18FN3O3S. The fourth-order valence-electron chi connectivity index (χ4n) is 2.88. The lowest BCUT2D eigenvalue weighted by atomic mass is 10.2. The minimum Gasteiger partial charge on any atom is -0.457 e. The molecule has 0 saturated carbocycles. The Balaban J connectivity index is 1.27. The average Bonchev–Trinajstić information content (AvgIpc) is 3.24. The molecule has 30 heavy (non-hydrogen) atoms. The predicted octanol–water partition coefficient (Wildman–Crippen LogP) is 4.10. The number of fused-ring (bicyclic) bond motifs is 1.